The summed E-state index contributed by atoms with van der Waals surface area (Å²) in [5.41, 5.74) is 0. The summed E-state index contributed by atoms with van der Waals surface area (Å²) in [7, 11) is 2.20. The van der Waals surface area contributed by atoms with Crippen LogP contribution in [0.3, 0.4) is 0 Å². The lowest BCUT2D eigenvalue weighted by atomic mass is 10.1. The van der Waals surface area contributed by atoms with E-state index < -0.39 is 0 Å². The minimum absolute atomic E-state index is 0.257. The standard InChI is InChI=1S/C45H83NO2/c1-4-6-8-10-12-14-16-18-20-22-24-26-28-30-32-34-36-38-40-47-44-42-46(3)43-45(44)48-41-39-37-35-33-31-29-27-25-23-21-19-17-15-13-11-9-7-5-2/h12-15,18-21,44-45H,4-11,16-17,22-43H2,1-3H3/b14-12-,15-13-,20-18-,21-19-/t44-,45-/m1/s1. The molecule has 3 nitrogen and oxygen atoms in total. The zero-order valence-corrected chi connectivity index (χ0v) is 32.7. The first-order valence-corrected chi connectivity index (χ1v) is 21.3. The van der Waals surface area contributed by atoms with Gasteiger partial charge >= 0.3 is 0 Å². The van der Waals surface area contributed by atoms with Crippen LogP contribution in [0.15, 0.2) is 48.6 Å². The van der Waals surface area contributed by atoms with E-state index in [4.69, 9.17) is 9.47 Å². The lowest BCUT2D eigenvalue weighted by molar-refractivity contribution is -0.0481. The molecular formula is C45H83NO2. The van der Waals surface area contributed by atoms with Gasteiger partial charge < -0.3 is 14.4 Å². The Labute approximate surface area is 301 Å². The molecule has 0 spiro atoms. The molecule has 1 fully saturated rings. The van der Waals surface area contributed by atoms with Crippen molar-refractivity contribution < 1.29 is 9.47 Å². The maximum absolute atomic E-state index is 6.32. The molecule has 1 saturated heterocycles. The largest absolute Gasteiger partial charge is 0.374 e. The van der Waals surface area contributed by atoms with E-state index in [1.54, 1.807) is 0 Å². The number of nitrogens with zero attached hydrogens (tertiary/aromatic N) is 1. The Morgan fingerprint density at radius 1 is 0.396 bits per heavy atom. The summed E-state index contributed by atoms with van der Waals surface area (Å²) in [4.78, 5) is 2.38. The molecule has 3 heteroatoms. The number of allylic oxidation sites excluding steroid dienone is 8. The second-order valence-corrected chi connectivity index (χ2v) is 14.6. The van der Waals surface area contributed by atoms with Crippen molar-refractivity contribution in [1.82, 2.24) is 4.90 Å². The van der Waals surface area contributed by atoms with Gasteiger partial charge in [-0.25, -0.2) is 0 Å². The fourth-order valence-corrected chi connectivity index (χ4v) is 6.60. The normalized spacial score (nSPS) is 17.5. The first kappa shape index (κ1) is 44.9. The number of likely N-dealkylation sites (tertiary alicyclic amines) is 1. The molecule has 1 heterocycles. The smallest absolute Gasteiger partial charge is 0.0975 e. The number of hydrogen-bond acceptors (Lipinski definition) is 3. The number of rotatable bonds is 36. The third-order valence-electron chi connectivity index (χ3n) is 9.75. The summed E-state index contributed by atoms with van der Waals surface area (Å²) in [6, 6.07) is 0. The van der Waals surface area contributed by atoms with Crippen molar-refractivity contribution in [2.75, 3.05) is 33.4 Å². The van der Waals surface area contributed by atoms with Crippen molar-refractivity contribution >= 4 is 0 Å². The van der Waals surface area contributed by atoms with Crippen LogP contribution in [0, 0.1) is 0 Å². The minimum atomic E-state index is 0.257. The van der Waals surface area contributed by atoms with Gasteiger partial charge in [0.05, 0.1) is 12.2 Å². The molecule has 0 bridgehead atoms. The fraction of sp³-hybridized carbons (Fsp3) is 0.822. The molecule has 48 heavy (non-hydrogen) atoms. The quantitative estimate of drug-likeness (QED) is 0.0489. The van der Waals surface area contributed by atoms with E-state index >= 15 is 0 Å². The van der Waals surface area contributed by atoms with E-state index in [0.29, 0.717) is 0 Å². The molecule has 0 aliphatic carbocycles. The molecule has 0 amide bonds. The summed E-state index contributed by atoms with van der Waals surface area (Å²) < 4.78 is 12.6. The van der Waals surface area contributed by atoms with Crippen molar-refractivity contribution in [2.24, 2.45) is 0 Å². The van der Waals surface area contributed by atoms with E-state index in [1.807, 2.05) is 0 Å². The molecule has 1 aliphatic rings. The fourth-order valence-electron chi connectivity index (χ4n) is 6.60. The molecule has 280 valence electrons. The van der Waals surface area contributed by atoms with Crippen LogP contribution in [-0.4, -0.2) is 50.5 Å². The van der Waals surface area contributed by atoms with Gasteiger partial charge in [-0.05, 0) is 84.1 Å². The van der Waals surface area contributed by atoms with E-state index in [0.717, 1.165) is 39.1 Å². The lowest BCUT2D eigenvalue weighted by Crippen LogP contribution is -2.30. The van der Waals surface area contributed by atoms with E-state index in [1.165, 1.54) is 167 Å². The van der Waals surface area contributed by atoms with E-state index in [-0.39, 0.29) is 12.2 Å². The molecule has 1 aliphatic heterocycles. The third-order valence-corrected chi connectivity index (χ3v) is 9.75. The summed E-state index contributed by atoms with van der Waals surface area (Å²) >= 11 is 0. The number of unbranched alkanes of at least 4 members (excludes halogenated alkanes) is 22. The van der Waals surface area contributed by atoms with Gasteiger partial charge in [0.1, 0.15) is 0 Å². The Kier molecular flexibility index (Phi) is 34.7. The molecule has 0 radical (unpaired) electrons. The zero-order chi connectivity index (χ0) is 34.4. The monoisotopic (exact) mass is 670 g/mol. The second-order valence-electron chi connectivity index (χ2n) is 14.6. The van der Waals surface area contributed by atoms with Gasteiger partial charge in [0.25, 0.3) is 0 Å². The van der Waals surface area contributed by atoms with Crippen molar-refractivity contribution in [3.63, 3.8) is 0 Å². The van der Waals surface area contributed by atoms with Gasteiger partial charge in [-0.3, -0.25) is 0 Å². The van der Waals surface area contributed by atoms with Crippen LogP contribution < -0.4 is 0 Å². The minimum Gasteiger partial charge on any atom is -0.374 e. The number of hydrogen-bond donors (Lipinski definition) is 0. The van der Waals surface area contributed by atoms with Crippen LogP contribution in [0.5, 0.6) is 0 Å². The van der Waals surface area contributed by atoms with E-state index in [9.17, 15) is 0 Å². The predicted molar refractivity (Wildman–Crippen MR) is 214 cm³/mol. The maximum atomic E-state index is 6.32. The summed E-state index contributed by atoms with van der Waals surface area (Å²) in [6.07, 6.45) is 56.1. The highest BCUT2D eigenvalue weighted by atomic mass is 16.5. The zero-order valence-electron chi connectivity index (χ0n) is 32.7. The topological polar surface area (TPSA) is 21.7 Å². The Bertz CT molecular complexity index is 694. The Morgan fingerprint density at radius 3 is 1.02 bits per heavy atom. The Hall–Kier alpha value is -1.16. The van der Waals surface area contributed by atoms with Gasteiger partial charge in [0.15, 0.2) is 0 Å². The van der Waals surface area contributed by atoms with Crippen LogP contribution in [0.25, 0.3) is 0 Å². The SMILES string of the molecule is CCCCC/C=C\C/C=C\CCCCCCCCCCO[C@@H]1CN(C)C[C@H]1OCCCCCCCCCC/C=C\C/C=C\CCCCC. The third kappa shape index (κ3) is 30.9. The maximum Gasteiger partial charge on any atom is 0.0975 e. The van der Waals surface area contributed by atoms with Crippen LogP contribution >= 0.6 is 0 Å². The average Bonchev–Trinajstić information content (AvgIpc) is 3.45. The Balaban J connectivity index is 1.87. The molecule has 1 rings (SSSR count). The predicted octanol–water partition coefficient (Wildman–Crippen LogP) is 13.9. The summed E-state index contributed by atoms with van der Waals surface area (Å²) in [5, 5.41) is 0. The van der Waals surface area contributed by atoms with E-state index in [2.05, 4.69) is 74.4 Å². The Morgan fingerprint density at radius 2 is 0.688 bits per heavy atom. The molecule has 0 saturated carbocycles. The highest BCUT2D eigenvalue weighted by Gasteiger charge is 2.32. The van der Waals surface area contributed by atoms with Gasteiger partial charge in [-0.2, -0.15) is 0 Å². The highest BCUT2D eigenvalue weighted by Crippen LogP contribution is 2.18. The van der Waals surface area contributed by atoms with Gasteiger partial charge in [0.2, 0.25) is 0 Å². The van der Waals surface area contributed by atoms with Crippen molar-refractivity contribution in [1.29, 1.82) is 0 Å². The van der Waals surface area contributed by atoms with Gasteiger partial charge in [-0.1, -0.05) is 165 Å². The second kappa shape index (κ2) is 37.1. The van der Waals surface area contributed by atoms with Crippen LogP contribution in [-0.2, 0) is 9.47 Å². The lowest BCUT2D eigenvalue weighted by Gasteiger charge is -2.20. The summed E-state index contributed by atoms with van der Waals surface area (Å²) in [6.45, 7) is 8.36. The van der Waals surface area contributed by atoms with Crippen molar-refractivity contribution in [3.8, 4) is 0 Å². The highest BCUT2D eigenvalue weighted by molar-refractivity contribution is 4.93. The van der Waals surface area contributed by atoms with Crippen molar-refractivity contribution in [2.45, 2.75) is 206 Å². The van der Waals surface area contributed by atoms with Gasteiger partial charge in [-0.15, -0.1) is 0 Å². The summed E-state index contributed by atoms with van der Waals surface area (Å²) in [5.74, 6) is 0. The number of ether oxygens (including phenoxy) is 2. The molecule has 0 unspecified atom stereocenters. The molecular weight excluding hydrogens is 587 g/mol. The molecule has 0 aromatic heterocycles. The number of likely N-dealkylation sites (N-methyl/N-ethyl adjacent to an activating group) is 1. The molecule has 2 atom stereocenters. The first-order chi connectivity index (χ1) is 23.8. The average molecular weight is 670 g/mol. The first-order valence-electron chi connectivity index (χ1n) is 21.3. The molecule has 0 aromatic rings. The molecule has 0 N–H and O–H groups in total. The van der Waals surface area contributed by atoms with Crippen LogP contribution in [0.4, 0.5) is 0 Å². The van der Waals surface area contributed by atoms with Crippen molar-refractivity contribution in [3.05, 3.63) is 48.6 Å². The molecule has 0 aromatic carbocycles. The van der Waals surface area contributed by atoms with Gasteiger partial charge in [0, 0.05) is 26.3 Å². The van der Waals surface area contributed by atoms with Crippen LogP contribution in [0.1, 0.15) is 194 Å². The van der Waals surface area contributed by atoms with Crippen LogP contribution in [0.2, 0.25) is 0 Å².